The van der Waals surface area contributed by atoms with Gasteiger partial charge in [0.2, 0.25) is 0 Å². The van der Waals surface area contributed by atoms with Crippen LogP contribution in [-0.2, 0) is 0 Å². The Labute approximate surface area is 105 Å². The van der Waals surface area contributed by atoms with Gasteiger partial charge in [0.25, 0.3) is 0 Å². The van der Waals surface area contributed by atoms with Crippen molar-refractivity contribution in [3.05, 3.63) is 0 Å². The number of urea groups is 1. The van der Waals surface area contributed by atoms with E-state index in [0.717, 1.165) is 32.4 Å². The summed E-state index contributed by atoms with van der Waals surface area (Å²) in [5.41, 5.74) is 5.49. The van der Waals surface area contributed by atoms with Crippen molar-refractivity contribution in [2.45, 2.75) is 45.6 Å². The largest absolute Gasteiger partial charge is 0.351 e. The first-order valence-corrected chi connectivity index (χ1v) is 6.77. The molecule has 0 aromatic heterocycles. The van der Waals surface area contributed by atoms with Gasteiger partial charge in [0.15, 0.2) is 0 Å². The Balaban J connectivity index is 2.70. The molecule has 0 aromatic carbocycles. The number of amides is 2. The number of rotatable bonds is 5. The van der Waals surface area contributed by atoms with Crippen LogP contribution in [0, 0.1) is 11.8 Å². The lowest BCUT2D eigenvalue weighted by molar-refractivity contribution is 0.115. The van der Waals surface area contributed by atoms with E-state index in [0.29, 0.717) is 17.9 Å². The number of piperidine rings is 1. The molecule has 1 heterocycles. The number of carbonyl (C=O) groups is 1. The quantitative estimate of drug-likeness (QED) is 0.771. The molecule has 17 heavy (non-hydrogen) atoms. The van der Waals surface area contributed by atoms with Crippen LogP contribution >= 0.6 is 0 Å². The van der Waals surface area contributed by atoms with Crippen molar-refractivity contribution in [3.8, 4) is 0 Å². The maximum atomic E-state index is 11.5. The molecule has 0 bridgehead atoms. The fourth-order valence-corrected chi connectivity index (χ4v) is 2.97. The first-order chi connectivity index (χ1) is 8.06. The lowest BCUT2D eigenvalue weighted by Gasteiger charge is -2.40. The van der Waals surface area contributed by atoms with Crippen LogP contribution in [0.1, 0.15) is 39.5 Å². The molecule has 1 saturated heterocycles. The highest BCUT2D eigenvalue weighted by Crippen LogP contribution is 2.27. The number of primary amides is 1. The molecule has 3 N–H and O–H groups in total. The minimum atomic E-state index is -0.250. The third kappa shape index (κ3) is 4.19. The summed E-state index contributed by atoms with van der Waals surface area (Å²) in [6, 6.07) is 0.0793. The zero-order valence-electron chi connectivity index (χ0n) is 11.4. The van der Waals surface area contributed by atoms with Gasteiger partial charge in [-0.25, -0.2) is 4.79 Å². The average molecular weight is 241 g/mol. The van der Waals surface area contributed by atoms with E-state index in [1.165, 1.54) is 6.42 Å². The normalized spacial score (nSPS) is 22.8. The van der Waals surface area contributed by atoms with Crippen molar-refractivity contribution in [2.75, 3.05) is 20.1 Å². The third-order valence-electron chi connectivity index (χ3n) is 3.62. The SMILES string of the molecule is CNC[C@H](CC(C)C)C1CCCCN1C(N)=O. The minimum Gasteiger partial charge on any atom is -0.351 e. The van der Waals surface area contributed by atoms with Crippen LogP contribution in [0.15, 0.2) is 0 Å². The molecule has 2 amide bonds. The molecule has 0 spiro atoms. The average Bonchev–Trinajstić information content (AvgIpc) is 2.28. The number of hydrogen-bond acceptors (Lipinski definition) is 2. The van der Waals surface area contributed by atoms with Crippen LogP contribution in [0.4, 0.5) is 4.79 Å². The molecule has 0 aliphatic carbocycles. The maximum absolute atomic E-state index is 11.5. The van der Waals surface area contributed by atoms with Gasteiger partial charge in [-0.2, -0.15) is 0 Å². The molecule has 4 nitrogen and oxygen atoms in total. The first kappa shape index (κ1) is 14.3. The molecule has 0 radical (unpaired) electrons. The summed E-state index contributed by atoms with van der Waals surface area (Å²) >= 11 is 0. The minimum absolute atomic E-state index is 0.250. The van der Waals surface area contributed by atoms with Gasteiger partial charge in [0, 0.05) is 12.6 Å². The Hall–Kier alpha value is -0.770. The highest BCUT2D eigenvalue weighted by molar-refractivity contribution is 5.72. The summed E-state index contributed by atoms with van der Waals surface area (Å²) in [6.45, 7) is 6.27. The number of hydrogen-bond donors (Lipinski definition) is 2. The number of carbonyl (C=O) groups excluding carboxylic acids is 1. The van der Waals surface area contributed by atoms with Crippen LogP contribution in [0.2, 0.25) is 0 Å². The highest BCUT2D eigenvalue weighted by atomic mass is 16.2. The predicted molar refractivity (Wildman–Crippen MR) is 70.8 cm³/mol. The maximum Gasteiger partial charge on any atom is 0.315 e. The van der Waals surface area contributed by atoms with Gasteiger partial charge >= 0.3 is 6.03 Å². The number of likely N-dealkylation sites (tertiary alicyclic amines) is 1. The van der Waals surface area contributed by atoms with Crippen LogP contribution in [-0.4, -0.2) is 37.1 Å². The second-order valence-corrected chi connectivity index (χ2v) is 5.54. The Morgan fingerprint density at radius 1 is 1.47 bits per heavy atom. The molecule has 1 aliphatic heterocycles. The molecular formula is C13H27N3O. The fourth-order valence-electron chi connectivity index (χ4n) is 2.97. The van der Waals surface area contributed by atoms with Crippen molar-refractivity contribution in [1.29, 1.82) is 0 Å². The summed E-state index contributed by atoms with van der Waals surface area (Å²) in [6.07, 6.45) is 4.55. The van der Waals surface area contributed by atoms with Crippen LogP contribution in [0.25, 0.3) is 0 Å². The number of nitrogens with one attached hydrogen (secondary N) is 1. The van der Waals surface area contributed by atoms with Crippen LogP contribution < -0.4 is 11.1 Å². The van der Waals surface area contributed by atoms with E-state index in [-0.39, 0.29) is 6.03 Å². The van der Waals surface area contributed by atoms with Gasteiger partial charge < -0.3 is 16.0 Å². The van der Waals surface area contributed by atoms with Gasteiger partial charge in [-0.15, -0.1) is 0 Å². The van der Waals surface area contributed by atoms with Crippen molar-refractivity contribution in [2.24, 2.45) is 17.6 Å². The molecule has 1 aliphatic rings. The molecule has 2 atom stereocenters. The Morgan fingerprint density at radius 3 is 2.71 bits per heavy atom. The van der Waals surface area contributed by atoms with Gasteiger partial charge in [-0.05, 0) is 51.1 Å². The molecule has 0 saturated carbocycles. The van der Waals surface area contributed by atoms with E-state index in [1.54, 1.807) is 0 Å². The molecule has 100 valence electrons. The number of nitrogens with two attached hydrogens (primary N) is 1. The Kier molecular flexibility index (Phi) is 5.75. The van der Waals surface area contributed by atoms with E-state index in [4.69, 9.17) is 5.73 Å². The third-order valence-corrected chi connectivity index (χ3v) is 3.62. The van der Waals surface area contributed by atoms with E-state index in [9.17, 15) is 4.79 Å². The van der Waals surface area contributed by atoms with E-state index >= 15 is 0 Å². The zero-order valence-corrected chi connectivity index (χ0v) is 11.4. The van der Waals surface area contributed by atoms with Crippen LogP contribution in [0.3, 0.4) is 0 Å². The Bertz CT molecular complexity index is 243. The Morgan fingerprint density at radius 2 is 2.18 bits per heavy atom. The predicted octanol–water partition coefficient (Wildman–Crippen LogP) is 1.80. The van der Waals surface area contributed by atoms with Gasteiger partial charge in [0.05, 0.1) is 0 Å². The molecular weight excluding hydrogens is 214 g/mol. The van der Waals surface area contributed by atoms with Crippen LogP contribution in [0.5, 0.6) is 0 Å². The smallest absolute Gasteiger partial charge is 0.315 e. The summed E-state index contributed by atoms with van der Waals surface area (Å²) in [5, 5.41) is 3.25. The molecule has 1 rings (SSSR count). The second-order valence-electron chi connectivity index (χ2n) is 5.54. The van der Waals surface area contributed by atoms with Gasteiger partial charge in [-0.3, -0.25) is 0 Å². The summed E-state index contributed by atoms with van der Waals surface area (Å²) < 4.78 is 0. The number of nitrogens with zero attached hydrogens (tertiary/aromatic N) is 1. The van der Waals surface area contributed by atoms with Crippen molar-refractivity contribution < 1.29 is 4.79 Å². The lowest BCUT2D eigenvalue weighted by Crippen LogP contribution is -2.51. The lowest BCUT2D eigenvalue weighted by atomic mass is 9.84. The topological polar surface area (TPSA) is 58.4 Å². The first-order valence-electron chi connectivity index (χ1n) is 6.77. The van der Waals surface area contributed by atoms with Crippen molar-refractivity contribution in [1.82, 2.24) is 10.2 Å². The zero-order chi connectivity index (χ0) is 12.8. The second kappa shape index (κ2) is 6.84. The van der Waals surface area contributed by atoms with E-state index in [2.05, 4.69) is 19.2 Å². The van der Waals surface area contributed by atoms with Gasteiger partial charge in [-0.1, -0.05) is 13.8 Å². The standard InChI is InChI=1S/C13H27N3O/c1-10(2)8-11(9-15-3)12-6-4-5-7-16(12)13(14)17/h10-12,15H,4-9H2,1-3H3,(H2,14,17)/t11-,12?/m0/s1. The summed E-state index contributed by atoms with van der Waals surface area (Å²) in [4.78, 5) is 13.4. The van der Waals surface area contributed by atoms with Crippen molar-refractivity contribution >= 4 is 6.03 Å². The van der Waals surface area contributed by atoms with E-state index in [1.807, 2.05) is 11.9 Å². The fraction of sp³-hybridized carbons (Fsp3) is 0.923. The molecule has 1 fully saturated rings. The van der Waals surface area contributed by atoms with E-state index < -0.39 is 0 Å². The highest BCUT2D eigenvalue weighted by Gasteiger charge is 2.31. The van der Waals surface area contributed by atoms with Crippen molar-refractivity contribution in [3.63, 3.8) is 0 Å². The van der Waals surface area contributed by atoms with Gasteiger partial charge in [0.1, 0.15) is 0 Å². The molecule has 4 heteroatoms. The summed E-state index contributed by atoms with van der Waals surface area (Å²) in [7, 11) is 1.98. The molecule has 1 unspecified atom stereocenters. The molecule has 0 aromatic rings. The summed E-state index contributed by atoms with van der Waals surface area (Å²) in [5.74, 6) is 1.18. The monoisotopic (exact) mass is 241 g/mol.